The molecule has 0 heterocycles. The van der Waals surface area contributed by atoms with Gasteiger partial charge in [-0.3, -0.25) is 0 Å². The summed E-state index contributed by atoms with van der Waals surface area (Å²) < 4.78 is 82.8. The molecule has 0 aliphatic rings. The van der Waals surface area contributed by atoms with Gasteiger partial charge < -0.3 is 0 Å². The van der Waals surface area contributed by atoms with E-state index < -0.39 is 34.3 Å². The lowest BCUT2D eigenvalue weighted by Crippen LogP contribution is -2.12. The Morgan fingerprint density at radius 3 is 1.16 bits per heavy atom. The molecule has 0 saturated carbocycles. The molecule has 0 fully saturated rings. The van der Waals surface area contributed by atoms with Crippen molar-refractivity contribution >= 4 is 11.8 Å². The predicted molar refractivity (Wildman–Crippen MR) is 138 cm³/mol. The minimum atomic E-state index is -4.56. The van der Waals surface area contributed by atoms with E-state index in [4.69, 9.17) is 0 Å². The monoisotopic (exact) mass is 538 g/mol. The van der Waals surface area contributed by atoms with Crippen LogP contribution in [0, 0.1) is 34.5 Å². The van der Waals surface area contributed by atoms with E-state index >= 15 is 0 Å². The first-order valence-electron chi connectivity index (χ1n) is 12.0. The molecular formula is C30H32F6S. The van der Waals surface area contributed by atoms with Crippen molar-refractivity contribution in [2.24, 2.45) is 10.8 Å². The van der Waals surface area contributed by atoms with Crippen molar-refractivity contribution in [1.82, 2.24) is 0 Å². The van der Waals surface area contributed by atoms with Crippen molar-refractivity contribution in [2.75, 3.05) is 0 Å². The molecule has 0 spiro atoms. The Bertz CT molecular complexity index is 1160. The third-order valence-corrected chi connectivity index (χ3v) is 6.33. The van der Waals surface area contributed by atoms with Gasteiger partial charge in [-0.2, -0.15) is 26.3 Å². The van der Waals surface area contributed by atoms with E-state index in [-0.39, 0.29) is 35.1 Å². The van der Waals surface area contributed by atoms with E-state index in [9.17, 15) is 26.3 Å². The molecule has 0 radical (unpaired) electrons. The van der Waals surface area contributed by atoms with Crippen LogP contribution >= 0.6 is 11.8 Å². The van der Waals surface area contributed by atoms with Crippen molar-refractivity contribution in [3.05, 3.63) is 57.6 Å². The second-order valence-corrected chi connectivity index (χ2v) is 11.8. The second-order valence-electron chi connectivity index (χ2n) is 10.7. The maximum atomic E-state index is 13.8. The summed E-state index contributed by atoms with van der Waals surface area (Å²) in [6, 6.07) is 4.75. The van der Waals surface area contributed by atoms with Gasteiger partial charge >= 0.3 is 12.4 Å². The van der Waals surface area contributed by atoms with Gasteiger partial charge in [0.05, 0.1) is 11.1 Å². The van der Waals surface area contributed by atoms with Gasteiger partial charge in [0.1, 0.15) is 0 Å². The molecule has 0 N–H and O–H groups in total. The fourth-order valence-electron chi connectivity index (χ4n) is 3.58. The van der Waals surface area contributed by atoms with E-state index in [1.54, 1.807) is 13.8 Å². The molecule has 2 aromatic rings. The summed E-state index contributed by atoms with van der Waals surface area (Å²) in [5.74, 6) is 12.0. The fraction of sp³-hybridized carbons (Fsp3) is 0.467. The van der Waals surface area contributed by atoms with Crippen LogP contribution in [0.3, 0.4) is 0 Å². The smallest absolute Gasteiger partial charge is 0.166 e. The average molecular weight is 539 g/mol. The molecule has 0 amide bonds. The Hall–Kier alpha value is -2.51. The summed E-state index contributed by atoms with van der Waals surface area (Å²) in [6.45, 7) is 14.4. The van der Waals surface area contributed by atoms with Gasteiger partial charge in [0.15, 0.2) is 0 Å². The van der Waals surface area contributed by atoms with Crippen molar-refractivity contribution in [3.8, 4) is 23.7 Å². The molecule has 0 aromatic heterocycles. The van der Waals surface area contributed by atoms with Crippen LogP contribution in [0.2, 0.25) is 0 Å². The first-order valence-corrected chi connectivity index (χ1v) is 12.8. The molecule has 0 saturated heterocycles. The van der Waals surface area contributed by atoms with Gasteiger partial charge in [-0.15, -0.1) is 0 Å². The lowest BCUT2D eigenvalue weighted by molar-refractivity contribution is -0.139. The van der Waals surface area contributed by atoms with E-state index in [1.165, 1.54) is 12.1 Å². The molecule has 0 aliphatic carbocycles. The van der Waals surface area contributed by atoms with Crippen LogP contribution in [-0.2, 0) is 25.2 Å². The Balaban J connectivity index is 2.89. The third-order valence-electron chi connectivity index (χ3n) is 5.21. The van der Waals surface area contributed by atoms with Crippen LogP contribution in [0.4, 0.5) is 26.3 Å². The lowest BCUT2D eigenvalue weighted by Gasteiger charge is -2.19. The Morgan fingerprint density at radius 1 is 0.595 bits per heavy atom. The van der Waals surface area contributed by atoms with Crippen LogP contribution in [0.25, 0.3) is 0 Å². The number of hydrogen-bond donors (Lipinski definition) is 0. The van der Waals surface area contributed by atoms with Crippen molar-refractivity contribution in [3.63, 3.8) is 0 Å². The molecule has 0 unspecified atom stereocenters. The molecule has 0 nitrogen and oxygen atoms in total. The van der Waals surface area contributed by atoms with Crippen molar-refractivity contribution in [2.45, 2.75) is 90.4 Å². The lowest BCUT2D eigenvalue weighted by atomic mass is 9.94. The third kappa shape index (κ3) is 8.24. The van der Waals surface area contributed by atoms with E-state index in [0.29, 0.717) is 9.79 Å². The van der Waals surface area contributed by atoms with Gasteiger partial charge in [-0.1, -0.05) is 49.3 Å². The van der Waals surface area contributed by atoms with Crippen LogP contribution < -0.4 is 0 Å². The summed E-state index contributed by atoms with van der Waals surface area (Å²) in [5, 5.41) is 0. The van der Waals surface area contributed by atoms with Gasteiger partial charge in [0.2, 0.25) is 0 Å². The summed E-state index contributed by atoms with van der Waals surface area (Å²) >= 11 is 1.10. The summed E-state index contributed by atoms with van der Waals surface area (Å²) in [6.07, 6.45) is -8.91. The van der Waals surface area contributed by atoms with E-state index in [0.717, 1.165) is 23.9 Å². The highest BCUT2D eigenvalue weighted by atomic mass is 32.2. The maximum Gasteiger partial charge on any atom is 0.416 e. The average Bonchev–Trinajstić information content (AvgIpc) is 2.73. The molecule has 7 heteroatoms. The first-order chi connectivity index (χ1) is 16.8. The summed E-state index contributed by atoms with van der Waals surface area (Å²) in [5.41, 5.74) is -1.82. The van der Waals surface area contributed by atoms with Crippen LogP contribution in [0.1, 0.15) is 88.8 Å². The van der Waals surface area contributed by atoms with Gasteiger partial charge in [0, 0.05) is 31.7 Å². The summed E-state index contributed by atoms with van der Waals surface area (Å²) in [4.78, 5) is 0.893. The number of halogens is 6. The molecular weight excluding hydrogens is 506 g/mol. The number of rotatable bonds is 4. The molecule has 0 aliphatic heterocycles. The zero-order valence-electron chi connectivity index (χ0n) is 22.4. The Labute approximate surface area is 220 Å². The van der Waals surface area contributed by atoms with Gasteiger partial charge in [0.25, 0.3) is 0 Å². The highest BCUT2D eigenvalue weighted by molar-refractivity contribution is 7.99. The van der Waals surface area contributed by atoms with Crippen LogP contribution in [0.15, 0.2) is 34.1 Å². The molecule has 2 aromatic carbocycles. The largest absolute Gasteiger partial charge is 0.416 e. The predicted octanol–water partition coefficient (Wildman–Crippen LogP) is 9.80. The summed E-state index contributed by atoms with van der Waals surface area (Å²) in [7, 11) is 0. The van der Waals surface area contributed by atoms with E-state index in [2.05, 4.69) is 23.7 Å². The molecule has 0 bridgehead atoms. The Kier molecular flexibility index (Phi) is 9.20. The zero-order chi connectivity index (χ0) is 28.4. The molecule has 0 atom stereocenters. The first kappa shape index (κ1) is 30.7. The van der Waals surface area contributed by atoms with Crippen LogP contribution in [0.5, 0.6) is 0 Å². The standard InChI is InChI=1S/C30H32F6S/c1-9-19-21(15-17-27(3,4)5)25(13-11-23(19)29(31,32)33)37-26-14-12-24(30(34,35)36)20(10-2)22(26)16-18-28(6,7)8/h11-14H,9-10H2,1-8H3. The number of alkyl halides is 6. The zero-order valence-corrected chi connectivity index (χ0v) is 23.2. The van der Waals surface area contributed by atoms with Crippen molar-refractivity contribution in [1.29, 1.82) is 0 Å². The van der Waals surface area contributed by atoms with Gasteiger partial charge in [-0.25, -0.2) is 0 Å². The highest BCUT2D eigenvalue weighted by Crippen LogP contribution is 2.43. The van der Waals surface area contributed by atoms with Crippen molar-refractivity contribution < 1.29 is 26.3 Å². The Morgan fingerprint density at radius 2 is 0.919 bits per heavy atom. The normalized spacial score (nSPS) is 12.5. The number of hydrogen-bond acceptors (Lipinski definition) is 1. The fourth-order valence-corrected chi connectivity index (χ4v) is 4.64. The van der Waals surface area contributed by atoms with Crippen LogP contribution in [-0.4, -0.2) is 0 Å². The number of benzene rings is 2. The van der Waals surface area contributed by atoms with E-state index in [1.807, 2.05) is 41.5 Å². The second kappa shape index (κ2) is 11.1. The highest BCUT2D eigenvalue weighted by Gasteiger charge is 2.36. The molecule has 200 valence electrons. The SMILES string of the molecule is CCc1c(C(F)(F)F)ccc(Sc2ccc(C(F)(F)F)c(CC)c2C#CC(C)(C)C)c1C#CC(C)(C)C. The quantitative estimate of drug-likeness (QED) is 0.276. The maximum absolute atomic E-state index is 13.8. The molecule has 2 rings (SSSR count). The minimum Gasteiger partial charge on any atom is -0.166 e. The minimum absolute atomic E-state index is 0.0687. The molecule has 37 heavy (non-hydrogen) atoms. The topological polar surface area (TPSA) is 0 Å². The van der Waals surface area contributed by atoms with Gasteiger partial charge in [-0.05, 0) is 89.8 Å².